The third kappa shape index (κ3) is 3.80. The van der Waals surface area contributed by atoms with E-state index in [0.717, 1.165) is 26.9 Å². The molecule has 0 aromatic heterocycles. The van der Waals surface area contributed by atoms with E-state index in [2.05, 4.69) is 29.8 Å². The molecule has 0 bridgehead atoms. The summed E-state index contributed by atoms with van der Waals surface area (Å²) in [5, 5.41) is 0.490. The Kier molecular flexibility index (Phi) is 5.20. The molecule has 2 aliphatic rings. The van der Waals surface area contributed by atoms with Gasteiger partial charge in [-0.15, -0.1) is 0 Å². The van der Waals surface area contributed by atoms with Crippen LogP contribution in [-0.4, -0.2) is 11.7 Å². The van der Waals surface area contributed by atoms with Crippen LogP contribution >= 0.6 is 27.5 Å². The van der Waals surface area contributed by atoms with Crippen molar-refractivity contribution in [2.24, 2.45) is 5.41 Å². The van der Waals surface area contributed by atoms with Crippen LogP contribution in [0.2, 0.25) is 5.02 Å². The van der Waals surface area contributed by atoms with E-state index >= 15 is 0 Å². The number of halogens is 2. The van der Waals surface area contributed by atoms with Gasteiger partial charge in [-0.2, -0.15) is 0 Å². The summed E-state index contributed by atoms with van der Waals surface area (Å²) in [6, 6.07) is 13.6. The SMILES string of the molecule is Cc1ccc(C2CC(=O)N(c3ccc(Br)cc3Cl)C3=C2C(=O)CC(C)(C)C3)cc1. The van der Waals surface area contributed by atoms with Gasteiger partial charge in [0.2, 0.25) is 5.91 Å². The Morgan fingerprint density at radius 3 is 2.41 bits per heavy atom. The zero-order chi connectivity index (χ0) is 20.9. The first kappa shape index (κ1) is 20.4. The molecule has 0 fully saturated rings. The number of nitrogens with zero attached hydrogens (tertiary/aromatic N) is 1. The first-order chi connectivity index (χ1) is 13.7. The molecule has 2 aromatic carbocycles. The lowest BCUT2D eigenvalue weighted by molar-refractivity contribution is -0.121. The number of anilines is 1. The van der Waals surface area contributed by atoms with Crippen LogP contribution in [0.4, 0.5) is 5.69 Å². The minimum Gasteiger partial charge on any atom is -0.294 e. The van der Waals surface area contributed by atoms with Crippen LogP contribution < -0.4 is 4.90 Å². The summed E-state index contributed by atoms with van der Waals surface area (Å²) in [7, 11) is 0. The van der Waals surface area contributed by atoms with Gasteiger partial charge in [0.1, 0.15) is 0 Å². The van der Waals surface area contributed by atoms with Gasteiger partial charge >= 0.3 is 0 Å². The average Bonchev–Trinajstić information content (AvgIpc) is 2.62. The summed E-state index contributed by atoms with van der Waals surface area (Å²) in [5.74, 6) is -0.0937. The molecule has 1 atom stereocenters. The zero-order valence-electron chi connectivity index (χ0n) is 16.8. The Morgan fingerprint density at radius 1 is 1.07 bits per heavy atom. The summed E-state index contributed by atoms with van der Waals surface area (Å²) < 4.78 is 0.850. The molecule has 3 nitrogen and oxygen atoms in total. The fraction of sp³-hybridized carbons (Fsp3) is 0.333. The van der Waals surface area contributed by atoms with Crippen LogP contribution in [-0.2, 0) is 9.59 Å². The molecule has 1 amide bonds. The highest BCUT2D eigenvalue weighted by Gasteiger charge is 2.44. The normalized spacial score (nSPS) is 21.4. The van der Waals surface area contributed by atoms with Gasteiger partial charge < -0.3 is 0 Å². The smallest absolute Gasteiger partial charge is 0.232 e. The minimum atomic E-state index is -0.203. The van der Waals surface area contributed by atoms with Crippen molar-refractivity contribution in [2.75, 3.05) is 4.90 Å². The van der Waals surface area contributed by atoms with Crippen LogP contribution in [0.1, 0.15) is 50.2 Å². The maximum atomic E-state index is 13.4. The topological polar surface area (TPSA) is 37.4 Å². The Balaban J connectivity index is 1.91. The number of benzene rings is 2. The third-order valence-corrected chi connectivity index (χ3v) is 6.57. The van der Waals surface area contributed by atoms with E-state index in [4.69, 9.17) is 11.6 Å². The van der Waals surface area contributed by atoms with E-state index in [0.29, 0.717) is 23.6 Å². The van der Waals surface area contributed by atoms with Gasteiger partial charge in [0.15, 0.2) is 5.78 Å². The van der Waals surface area contributed by atoms with Crippen molar-refractivity contribution in [1.29, 1.82) is 0 Å². The van der Waals surface area contributed by atoms with Crippen LogP contribution in [0.25, 0.3) is 0 Å². The van der Waals surface area contributed by atoms with Crippen LogP contribution in [0.3, 0.4) is 0 Å². The Bertz CT molecular complexity index is 1040. The van der Waals surface area contributed by atoms with E-state index in [1.807, 2.05) is 43.3 Å². The van der Waals surface area contributed by atoms with Crippen molar-refractivity contribution < 1.29 is 9.59 Å². The van der Waals surface area contributed by atoms with Gasteiger partial charge in [-0.05, 0) is 42.5 Å². The zero-order valence-corrected chi connectivity index (χ0v) is 19.1. The molecular weight excluding hydrogens is 450 g/mol. The summed E-state index contributed by atoms with van der Waals surface area (Å²) in [6.45, 7) is 6.19. The van der Waals surface area contributed by atoms with Crippen molar-refractivity contribution in [3.8, 4) is 0 Å². The maximum absolute atomic E-state index is 13.4. The number of rotatable bonds is 2. The van der Waals surface area contributed by atoms with Crippen LogP contribution in [0, 0.1) is 12.3 Å². The molecule has 0 N–H and O–H groups in total. The molecule has 1 heterocycles. The molecule has 1 aliphatic heterocycles. The lowest BCUT2D eigenvalue weighted by Crippen LogP contribution is -2.43. The van der Waals surface area contributed by atoms with Crippen molar-refractivity contribution in [2.45, 2.75) is 46.0 Å². The van der Waals surface area contributed by atoms with Gasteiger partial charge in [-0.25, -0.2) is 0 Å². The van der Waals surface area contributed by atoms with Gasteiger partial charge in [0, 0.05) is 34.5 Å². The molecule has 150 valence electrons. The van der Waals surface area contributed by atoms with E-state index in [-0.39, 0.29) is 29.4 Å². The third-order valence-electron chi connectivity index (χ3n) is 5.77. The second-order valence-electron chi connectivity index (χ2n) is 8.79. The Labute approximate surface area is 184 Å². The van der Waals surface area contributed by atoms with Crippen LogP contribution in [0.5, 0.6) is 0 Å². The molecule has 1 unspecified atom stereocenters. The first-order valence-corrected chi connectivity index (χ1v) is 10.9. The molecule has 5 heteroatoms. The lowest BCUT2D eigenvalue weighted by Gasteiger charge is -2.43. The van der Waals surface area contributed by atoms with Gasteiger partial charge in [-0.3, -0.25) is 14.5 Å². The fourth-order valence-corrected chi connectivity index (χ4v) is 5.20. The highest BCUT2D eigenvalue weighted by Crippen LogP contribution is 2.49. The number of hydrogen-bond donors (Lipinski definition) is 0. The quantitative estimate of drug-likeness (QED) is 0.495. The number of allylic oxidation sites excluding steroid dienone is 2. The molecule has 0 saturated heterocycles. The maximum Gasteiger partial charge on any atom is 0.232 e. The Hall–Kier alpha value is -1.91. The van der Waals surface area contributed by atoms with Gasteiger partial charge in [-0.1, -0.05) is 71.2 Å². The molecule has 2 aromatic rings. The lowest BCUT2D eigenvalue weighted by atomic mass is 9.69. The average molecular weight is 473 g/mol. The number of carbonyl (C=O) groups excluding carboxylic acids is 2. The van der Waals surface area contributed by atoms with E-state index < -0.39 is 0 Å². The van der Waals surface area contributed by atoms with Gasteiger partial charge in [0.25, 0.3) is 0 Å². The Morgan fingerprint density at radius 2 is 1.76 bits per heavy atom. The monoisotopic (exact) mass is 471 g/mol. The molecule has 4 rings (SSSR count). The number of amides is 1. The fourth-order valence-electron chi connectivity index (χ4n) is 4.44. The number of ketones is 1. The number of hydrogen-bond acceptors (Lipinski definition) is 2. The predicted molar refractivity (Wildman–Crippen MR) is 120 cm³/mol. The van der Waals surface area contributed by atoms with Crippen molar-refractivity contribution >= 4 is 44.9 Å². The predicted octanol–water partition coefficient (Wildman–Crippen LogP) is 6.57. The standard InChI is InChI=1S/C24H23BrClNO2/c1-14-4-6-15(7-5-14)17-11-22(29)27(19-9-8-16(25)10-18(19)26)20-12-24(2,3)13-21(28)23(17)20/h4-10,17H,11-13H2,1-3H3. The largest absolute Gasteiger partial charge is 0.294 e. The molecule has 29 heavy (non-hydrogen) atoms. The van der Waals surface area contributed by atoms with Crippen molar-refractivity contribution in [1.82, 2.24) is 0 Å². The van der Waals surface area contributed by atoms with Crippen LogP contribution in [0.15, 0.2) is 58.2 Å². The second kappa shape index (κ2) is 7.41. The highest BCUT2D eigenvalue weighted by atomic mass is 79.9. The molecule has 1 aliphatic carbocycles. The van der Waals surface area contributed by atoms with E-state index in [1.54, 1.807) is 11.0 Å². The molecule has 0 spiro atoms. The van der Waals surface area contributed by atoms with E-state index in [1.165, 1.54) is 0 Å². The van der Waals surface area contributed by atoms with E-state index in [9.17, 15) is 9.59 Å². The number of Topliss-reactive ketones (excluding diaryl/α,β-unsaturated/α-hetero) is 1. The number of aryl methyl sites for hydroxylation is 1. The molecule has 0 saturated carbocycles. The minimum absolute atomic E-state index is 0.0240. The first-order valence-electron chi connectivity index (χ1n) is 9.77. The summed E-state index contributed by atoms with van der Waals surface area (Å²) in [4.78, 5) is 28.3. The summed E-state index contributed by atoms with van der Waals surface area (Å²) in [5.41, 5.74) is 4.19. The second-order valence-corrected chi connectivity index (χ2v) is 10.1. The van der Waals surface area contributed by atoms with Gasteiger partial charge in [0.05, 0.1) is 10.7 Å². The van der Waals surface area contributed by atoms with Crippen molar-refractivity contribution in [3.05, 3.63) is 74.4 Å². The molecule has 0 radical (unpaired) electrons. The van der Waals surface area contributed by atoms with Crippen molar-refractivity contribution in [3.63, 3.8) is 0 Å². The summed E-state index contributed by atoms with van der Waals surface area (Å²) in [6.07, 6.45) is 1.42. The number of carbonyl (C=O) groups is 2. The highest BCUT2D eigenvalue weighted by molar-refractivity contribution is 9.10. The summed E-state index contributed by atoms with van der Waals surface area (Å²) >= 11 is 9.93. The molecular formula is C24H23BrClNO2.